The van der Waals surface area contributed by atoms with Crippen LogP contribution in [-0.2, 0) is 21.2 Å². The molecule has 0 aliphatic carbocycles. The summed E-state index contributed by atoms with van der Waals surface area (Å²) in [6.45, 7) is 2.16. The van der Waals surface area contributed by atoms with Crippen molar-refractivity contribution < 1.29 is 22.0 Å². The molecule has 0 atom stereocenters. The van der Waals surface area contributed by atoms with Gasteiger partial charge in [0.1, 0.15) is 0 Å². The van der Waals surface area contributed by atoms with Crippen LogP contribution in [0.25, 0.3) is 0 Å². The minimum Gasteiger partial charge on any atom is -0.368 e. The Balaban J connectivity index is 1.48. The molecule has 0 unspecified atom stereocenters. The van der Waals surface area contributed by atoms with Crippen molar-refractivity contribution in [2.45, 2.75) is 12.8 Å². The molecular weight excluding hydrogens is 400 g/mol. The van der Waals surface area contributed by atoms with E-state index in [1.807, 2.05) is 4.90 Å². The number of piperazine rings is 1. The molecule has 0 aromatic heterocycles. The Labute approximate surface area is 169 Å². The largest absolute Gasteiger partial charge is 0.368 e. The minimum absolute atomic E-state index is 0.0354. The van der Waals surface area contributed by atoms with E-state index in [-0.39, 0.29) is 5.91 Å². The van der Waals surface area contributed by atoms with E-state index < -0.39 is 21.7 Å². The molecule has 1 N–H and O–H groups in total. The van der Waals surface area contributed by atoms with Gasteiger partial charge in [-0.1, -0.05) is 12.1 Å². The van der Waals surface area contributed by atoms with Crippen LogP contribution in [-0.4, -0.2) is 51.7 Å². The number of carbonyl (C=O) groups excluding carboxylic acids is 1. The van der Waals surface area contributed by atoms with Gasteiger partial charge in [0, 0.05) is 50.0 Å². The van der Waals surface area contributed by atoms with E-state index >= 15 is 0 Å². The van der Waals surface area contributed by atoms with Crippen molar-refractivity contribution in [1.29, 1.82) is 0 Å². The summed E-state index contributed by atoms with van der Waals surface area (Å²) < 4.78 is 51.3. The van der Waals surface area contributed by atoms with E-state index in [9.17, 15) is 22.0 Å². The molecule has 9 heteroatoms. The number of amides is 1. The Morgan fingerprint density at radius 1 is 1.00 bits per heavy atom. The number of sulfonamides is 1. The van der Waals surface area contributed by atoms with Crippen molar-refractivity contribution in [3.8, 4) is 0 Å². The van der Waals surface area contributed by atoms with Crippen LogP contribution in [0.4, 0.5) is 20.2 Å². The van der Waals surface area contributed by atoms with E-state index in [2.05, 4.69) is 4.72 Å². The van der Waals surface area contributed by atoms with Gasteiger partial charge >= 0.3 is 0 Å². The Bertz CT molecular complexity index is 973. The fourth-order valence-electron chi connectivity index (χ4n) is 3.26. The number of benzene rings is 2. The molecule has 29 heavy (non-hydrogen) atoms. The van der Waals surface area contributed by atoms with E-state index in [0.29, 0.717) is 50.4 Å². The van der Waals surface area contributed by atoms with Crippen LogP contribution in [0, 0.1) is 11.6 Å². The monoisotopic (exact) mass is 423 g/mol. The maximum absolute atomic E-state index is 13.4. The van der Waals surface area contributed by atoms with Crippen molar-refractivity contribution in [3.63, 3.8) is 0 Å². The molecule has 0 bridgehead atoms. The lowest BCUT2D eigenvalue weighted by Gasteiger charge is -2.36. The van der Waals surface area contributed by atoms with Crippen LogP contribution < -0.4 is 9.62 Å². The van der Waals surface area contributed by atoms with Gasteiger partial charge in [-0.2, -0.15) is 0 Å². The Morgan fingerprint density at radius 2 is 1.66 bits per heavy atom. The molecular formula is C20H23F2N3O3S. The topological polar surface area (TPSA) is 69.7 Å². The Morgan fingerprint density at radius 3 is 2.24 bits per heavy atom. The van der Waals surface area contributed by atoms with Crippen LogP contribution in [0.2, 0.25) is 0 Å². The first-order valence-corrected chi connectivity index (χ1v) is 11.1. The highest BCUT2D eigenvalue weighted by molar-refractivity contribution is 7.92. The number of nitrogens with one attached hydrogen (secondary N) is 1. The van der Waals surface area contributed by atoms with Gasteiger partial charge in [0.25, 0.3) is 0 Å². The summed E-state index contributed by atoms with van der Waals surface area (Å²) in [5.41, 5.74) is 2.03. The lowest BCUT2D eigenvalue weighted by molar-refractivity contribution is -0.131. The number of anilines is 2. The molecule has 0 radical (unpaired) electrons. The number of rotatable bonds is 6. The third kappa shape index (κ3) is 5.90. The standard InChI is InChI=1S/C20H23F2N3O3S/c1-29(27,28)23-16-5-2-15(3-6-16)4-9-20(26)25-12-10-24(11-13-25)17-7-8-18(21)19(22)14-17/h2-3,5-8,14,23H,4,9-13H2,1H3. The summed E-state index contributed by atoms with van der Waals surface area (Å²) in [5.74, 6) is -1.71. The highest BCUT2D eigenvalue weighted by atomic mass is 32.2. The zero-order valence-corrected chi connectivity index (χ0v) is 16.9. The van der Waals surface area contributed by atoms with Crippen molar-refractivity contribution >= 4 is 27.3 Å². The van der Waals surface area contributed by atoms with Crippen LogP contribution in [0.5, 0.6) is 0 Å². The molecule has 156 valence electrons. The zero-order valence-electron chi connectivity index (χ0n) is 16.1. The van der Waals surface area contributed by atoms with Gasteiger partial charge in [-0.05, 0) is 36.2 Å². The third-order valence-electron chi connectivity index (χ3n) is 4.79. The summed E-state index contributed by atoms with van der Waals surface area (Å²) in [6, 6.07) is 10.7. The molecule has 1 saturated heterocycles. The fourth-order valence-corrected chi connectivity index (χ4v) is 3.82. The molecule has 1 amide bonds. The first-order valence-electron chi connectivity index (χ1n) is 9.26. The molecule has 0 saturated carbocycles. The first-order chi connectivity index (χ1) is 13.7. The van der Waals surface area contributed by atoms with E-state index in [4.69, 9.17) is 0 Å². The lowest BCUT2D eigenvalue weighted by Crippen LogP contribution is -2.48. The summed E-state index contributed by atoms with van der Waals surface area (Å²) >= 11 is 0. The van der Waals surface area contributed by atoms with Gasteiger partial charge in [0.15, 0.2) is 11.6 Å². The molecule has 2 aromatic rings. The zero-order chi connectivity index (χ0) is 21.0. The average Bonchev–Trinajstić information content (AvgIpc) is 2.68. The average molecular weight is 423 g/mol. The second-order valence-electron chi connectivity index (χ2n) is 7.04. The van der Waals surface area contributed by atoms with Gasteiger partial charge in [0.05, 0.1) is 6.26 Å². The smallest absolute Gasteiger partial charge is 0.229 e. The summed E-state index contributed by atoms with van der Waals surface area (Å²) in [4.78, 5) is 16.2. The van der Waals surface area contributed by atoms with Gasteiger partial charge in [-0.25, -0.2) is 17.2 Å². The van der Waals surface area contributed by atoms with Crippen molar-refractivity contribution in [1.82, 2.24) is 4.90 Å². The lowest BCUT2D eigenvalue weighted by atomic mass is 10.1. The molecule has 1 aliphatic heterocycles. The highest BCUT2D eigenvalue weighted by Crippen LogP contribution is 2.20. The maximum Gasteiger partial charge on any atom is 0.229 e. The third-order valence-corrected chi connectivity index (χ3v) is 5.39. The quantitative estimate of drug-likeness (QED) is 0.776. The molecule has 1 aliphatic rings. The number of hydrogen-bond donors (Lipinski definition) is 1. The number of aryl methyl sites for hydroxylation is 1. The number of nitrogens with zero attached hydrogens (tertiary/aromatic N) is 2. The molecule has 6 nitrogen and oxygen atoms in total. The summed E-state index contributed by atoms with van der Waals surface area (Å²) in [7, 11) is -3.31. The molecule has 1 heterocycles. The van der Waals surface area contributed by atoms with Gasteiger partial charge in [-0.3, -0.25) is 9.52 Å². The number of hydrogen-bond acceptors (Lipinski definition) is 4. The van der Waals surface area contributed by atoms with Crippen LogP contribution in [0.3, 0.4) is 0 Å². The van der Waals surface area contributed by atoms with E-state index in [1.165, 1.54) is 12.1 Å². The molecule has 0 spiro atoms. The van der Waals surface area contributed by atoms with Gasteiger partial charge < -0.3 is 9.80 Å². The summed E-state index contributed by atoms with van der Waals surface area (Å²) in [5, 5.41) is 0. The van der Waals surface area contributed by atoms with Gasteiger partial charge in [0.2, 0.25) is 15.9 Å². The van der Waals surface area contributed by atoms with Crippen molar-refractivity contribution in [2.24, 2.45) is 0 Å². The van der Waals surface area contributed by atoms with Gasteiger partial charge in [-0.15, -0.1) is 0 Å². The van der Waals surface area contributed by atoms with Crippen molar-refractivity contribution in [2.75, 3.05) is 42.1 Å². The second-order valence-corrected chi connectivity index (χ2v) is 8.79. The SMILES string of the molecule is CS(=O)(=O)Nc1ccc(CCC(=O)N2CCN(c3ccc(F)c(F)c3)CC2)cc1. The number of halogens is 2. The second kappa shape index (κ2) is 8.77. The maximum atomic E-state index is 13.4. The van der Waals surface area contributed by atoms with Crippen molar-refractivity contribution in [3.05, 3.63) is 59.7 Å². The normalized spacial score (nSPS) is 14.7. The molecule has 3 rings (SSSR count). The predicted molar refractivity (Wildman–Crippen MR) is 108 cm³/mol. The minimum atomic E-state index is -3.31. The number of carbonyl (C=O) groups is 1. The fraction of sp³-hybridized carbons (Fsp3) is 0.350. The van der Waals surface area contributed by atoms with E-state index in [1.54, 1.807) is 29.2 Å². The van der Waals surface area contributed by atoms with E-state index in [0.717, 1.165) is 17.9 Å². The Kier molecular flexibility index (Phi) is 6.36. The Hall–Kier alpha value is -2.68. The first kappa shape index (κ1) is 21.0. The van der Waals surface area contributed by atoms with Crippen LogP contribution in [0.15, 0.2) is 42.5 Å². The van der Waals surface area contributed by atoms with Crippen LogP contribution >= 0.6 is 0 Å². The predicted octanol–water partition coefficient (Wildman–Crippen LogP) is 2.62. The molecule has 2 aromatic carbocycles. The highest BCUT2D eigenvalue weighted by Gasteiger charge is 2.21. The molecule has 1 fully saturated rings. The van der Waals surface area contributed by atoms with Crippen LogP contribution in [0.1, 0.15) is 12.0 Å². The summed E-state index contributed by atoms with van der Waals surface area (Å²) in [6.07, 6.45) is 2.00.